The lowest BCUT2D eigenvalue weighted by Gasteiger charge is -2.41. The molecule has 176 valence electrons. The van der Waals surface area contributed by atoms with Gasteiger partial charge in [-0.05, 0) is 44.9 Å². The lowest BCUT2D eigenvalue weighted by atomic mass is 9.66. The number of nitrogens with zero attached hydrogens (tertiary/aromatic N) is 1. The highest BCUT2D eigenvalue weighted by atomic mass is 32.2. The first-order chi connectivity index (χ1) is 14.3. The van der Waals surface area contributed by atoms with E-state index in [1.165, 1.54) is 4.90 Å². The minimum atomic E-state index is -0.708. The summed E-state index contributed by atoms with van der Waals surface area (Å²) < 4.78 is 4.65. The van der Waals surface area contributed by atoms with Gasteiger partial charge in [0.25, 0.3) is 0 Å². The lowest BCUT2D eigenvalue weighted by Crippen LogP contribution is -2.60. The molecular formula is C23H38N2O5S. The molecule has 3 aliphatic heterocycles. The van der Waals surface area contributed by atoms with Crippen LogP contribution in [0.1, 0.15) is 61.3 Å². The molecule has 0 aromatic rings. The molecule has 31 heavy (non-hydrogen) atoms. The summed E-state index contributed by atoms with van der Waals surface area (Å²) in [4.78, 5) is 41.6. The Kier molecular flexibility index (Phi) is 6.48. The molecule has 8 heteroatoms. The molecule has 3 rings (SSSR count). The molecule has 1 spiro atoms. The Morgan fingerprint density at radius 3 is 2.48 bits per heavy atom. The van der Waals surface area contributed by atoms with Crippen molar-refractivity contribution in [3.8, 4) is 0 Å². The Hall–Kier alpha value is -1.28. The summed E-state index contributed by atoms with van der Waals surface area (Å²) in [7, 11) is 0. The van der Waals surface area contributed by atoms with Gasteiger partial charge in [-0.25, -0.2) is 0 Å². The maximum absolute atomic E-state index is 13.7. The number of hydrogen-bond donors (Lipinski definition) is 2. The largest absolute Gasteiger partial charge is 0.466 e. The van der Waals surface area contributed by atoms with Crippen molar-refractivity contribution in [1.82, 2.24) is 10.2 Å². The zero-order valence-corrected chi connectivity index (χ0v) is 20.7. The molecule has 3 fully saturated rings. The van der Waals surface area contributed by atoms with E-state index in [4.69, 9.17) is 4.74 Å². The highest BCUT2D eigenvalue weighted by Gasteiger charge is 2.76. The molecule has 3 unspecified atom stereocenters. The first-order valence-corrected chi connectivity index (χ1v) is 12.2. The van der Waals surface area contributed by atoms with Crippen LogP contribution in [0.4, 0.5) is 0 Å². The molecule has 3 heterocycles. The lowest BCUT2D eigenvalue weighted by molar-refractivity contribution is -0.154. The molecule has 0 radical (unpaired) electrons. The van der Waals surface area contributed by atoms with E-state index in [0.717, 1.165) is 12.8 Å². The van der Waals surface area contributed by atoms with E-state index >= 15 is 0 Å². The van der Waals surface area contributed by atoms with E-state index < -0.39 is 28.2 Å². The van der Waals surface area contributed by atoms with Gasteiger partial charge in [0.05, 0.1) is 29.8 Å². The maximum Gasteiger partial charge on any atom is 0.310 e. The van der Waals surface area contributed by atoms with Crippen LogP contribution in [0.5, 0.6) is 0 Å². The summed E-state index contributed by atoms with van der Waals surface area (Å²) >= 11 is 1.62. The number of aliphatic hydroxyl groups excluding tert-OH is 1. The van der Waals surface area contributed by atoms with Crippen LogP contribution in [0.25, 0.3) is 0 Å². The first-order valence-electron chi connectivity index (χ1n) is 11.4. The molecule has 0 aliphatic carbocycles. The quantitative estimate of drug-likeness (QED) is 0.573. The van der Waals surface area contributed by atoms with Gasteiger partial charge < -0.3 is 20.1 Å². The minimum Gasteiger partial charge on any atom is -0.466 e. The van der Waals surface area contributed by atoms with Gasteiger partial charge in [0.1, 0.15) is 6.04 Å². The highest BCUT2D eigenvalue weighted by Crippen LogP contribution is 2.68. The summed E-state index contributed by atoms with van der Waals surface area (Å²) in [6, 6.07) is -0.708. The topological polar surface area (TPSA) is 95.9 Å². The minimum absolute atomic E-state index is 0.0165. The van der Waals surface area contributed by atoms with Gasteiger partial charge in [0, 0.05) is 17.3 Å². The summed E-state index contributed by atoms with van der Waals surface area (Å²) in [5.41, 5.74) is -0.431. The second-order valence-electron chi connectivity index (χ2n) is 11.2. The number of nitrogens with one attached hydrogen (secondary N) is 1. The zero-order valence-electron chi connectivity index (χ0n) is 19.9. The fraction of sp³-hybridized carbons (Fsp3) is 0.870. The maximum atomic E-state index is 13.7. The summed E-state index contributed by atoms with van der Waals surface area (Å²) in [6.07, 6.45) is 1.56. The Labute approximate surface area is 190 Å². The fourth-order valence-electron chi connectivity index (χ4n) is 6.45. The second kappa shape index (κ2) is 8.25. The number of rotatable bonds is 7. The van der Waals surface area contributed by atoms with Crippen LogP contribution in [0.2, 0.25) is 0 Å². The normalized spacial score (nSPS) is 34.8. The van der Waals surface area contributed by atoms with Gasteiger partial charge in [0.2, 0.25) is 11.8 Å². The van der Waals surface area contributed by atoms with Crippen LogP contribution in [-0.2, 0) is 19.1 Å². The molecule has 2 bridgehead atoms. The number of fused-ring (bicyclic) bond motifs is 1. The van der Waals surface area contributed by atoms with Gasteiger partial charge in [0.15, 0.2) is 0 Å². The zero-order chi connectivity index (χ0) is 23.4. The van der Waals surface area contributed by atoms with Crippen LogP contribution >= 0.6 is 11.8 Å². The number of likely N-dealkylation sites (tertiary alicyclic amines) is 1. The predicted octanol–water partition coefficient (Wildman–Crippen LogP) is 2.21. The second-order valence-corrected chi connectivity index (χ2v) is 12.7. The standard InChI is InChI=1S/C23H38N2O5S/c1-8-30-20(29)15-14-11-13(2)23(31-14)16(15)19(28)25(9-10-26)17(23)18(27)24-22(6,7)12-21(3,4)5/h13-17,26H,8-12H2,1-7H3,(H,24,27)/t13?,14-,15+,16-,17?,23?/m0/s1. The van der Waals surface area contributed by atoms with Crippen LogP contribution in [0.15, 0.2) is 0 Å². The highest BCUT2D eigenvalue weighted by molar-refractivity contribution is 8.02. The Balaban J connectivity index is 1.98. The molecule has 3 aliphatic rings. The number of ether oxygens (including phenoxy) is 1. The number of thioether (sulfide) groups is 1. The molecule has 2 N–H and O–H groups in total. The van der Waals surface area contributed by atoms with E-state index in [1.54, 1.807) is 18.7 Å². The molecule has 3 saturated heterocycles. The van der Waals surface area contributed by atoms with Crippen molar-refractivity contribution < 1.29 is 24.2 Å². The van der Waals surface area contributed by atoms with Crippen molar-refractivity contribution >= 4 is 29.5 Å². The molecule has 0 aromatic heterocycles. The van der Waals surface area contributed by atoms with Crippen molar-refractivity contribution in [3.05, 3.63) is 0 Å². The molecular weight excluding hydrogens is 416 g/mol. The summed E-state index contributed by atoms with van der Waals surface area (Å²) in [6.45, 7) is 14.4. The van der Waals surface area contributed by atoms with Gasteiger partial charge >= 0.3 is 5.97 Å². The summed E-state index contributed by atoms with van der Waals surface area (Å²) in [5, 5.41) is 12.8. The number of esters is 1. The Morgan fingerprint density at radius 2 is 1.94 bits per heavy atom. The average Bonchev–Trinajstić information content (AvgIpc) is 3.17. The number of β-amino-alcohol motifs (C(OH)–C–C–N with tert-alkyl or cyclic N) is 1. The molecule has 7 nitrogen and oxygen atoms in total. The van der Waals surface area contributed by atoms with Crippen molar-refractivity contribution in [2.24, 2.45) is 23.2 Å². The van der Waals surface area contributed by atoms with Crippen LogP contribution < -0.4 is 5.32 Å². The van der Waals surface area contributed by atoms with E-state index in [-0.39, 0.29) is 54.1 Å². The third-order valence-electron chi connectivity index (χ3n) is 6.83. The van der Waals surface area contributed by atoms with Gasteiger partial charge in [-0.1, -0.05) is 27.7 Å². The number of carbonyl (C=O) groups excluding carboxylic acids is 3. The fourth-order valence-corrected chi connectivity index (χ4v) is 8.86. The van der Waals surface area contributed by atoms with E-state index in [0.29, 0.717) is 0 Å². The van der Waals surface area contributed by atoms with Crippen LogP contribution in [-0.4, -0.2) is 69.1 Å². The predicted molar refractivity (Wildman–Crippen MR) is 120 cm³/mol. The van der Waals surface area contributed by atoms with Gasteiger partial charge in [-0.15, -0.1) is 11.8 Å². The third-order valence-corrected chi connectivity index (χ3v) is 8.90. The third kappa shape index (κ3) is 4.10. The van der Waals surface area contributed by atoms with E-state index in [1.807, 2.05) is 13.8 Å². The number of amides is 2. The number of aliphatic hydroxyl groups is 1. The average molecular weight is 455 g/mol. The van der Waals surface area contributed by atoms with Gasteiger partial charge in [-0.3, -0.25) is 14.4 Å². The van der Waals surface area contributed by atoms with Crippen LogP contribution in [0.3, 0.4) is 0 Å². The molecule has 0 saturated carbocycles. The van der Waals surface area contributed by atoms with Crippen molar-refractivity contribution in [2.45, 2.75) is 82.9 Å². The SMILES string of the molecule is CCOC(=O)[C@@H]1[C@@H]2CC(C)C3(S2)C(C(=O)NC(C)(C)CC(C)(C)C)N(CCO)C(=O)[C@H]13. The van der Waals surface area contributed by atoms with E-state index in [2.05, 4.69) is 33.0 Å². The van der Waals surface area contributed by atoms with Crippen LogP contribution in [0, 0.1) is 23.2 Å². The van der Waals surface area contributed by atoms with E-state index in [9.17, 15) is 19.5 Å². The van der Waals surface area contributed by atoms with Gasteiger partial charge in [-0.2, -0.15) is 0 Å². The Bertz CT molecular complexity index is 749. The smallest absolute Gasteiger partial charge is 0.310 e. The molecule has 6 atom stereocenters. The number of hydrogen-bond acceptors (Lipinski definition) is 6. The monoisotopic (exact) mass is 454 g/mol. The number of carbonyl (C=O) groups is 3. The Morgan fingerprint density at radius 1 is 1.29 bits per heavy atom. The molecule has 0 aromatic carbocycles. The van der Waals surface area contributed by atoms with Crippen molar-refractivity contribution in [2.75, 3.05) is 19.8 Å². The van der Waals surface area contributed by atoms with Crippen molar-refractivity contribution in [3.63, 3.8) is 0 Å². The molecule has 2 amide bonds. The first kappa shape index (κ1) is 24.4. The summed E-state index contributed by atoms with van der Waals surface area (Å²) in [5.74, 6) is -1.75. The van der Waals surface area contributed by atoms with Crippen molar-refractivity contribution in [1.29, 1.82) is 0 Å².